The van der Waals surface area contributed by atoms with Crippen molar-refractivity contribution in [3.8, 4) is 0 Å². The summed E-state index contributed by atoms with van der Waals surface area (Å²) in [7, 11) is 0. The predicted molar refractivity (Wildman–Crippen MR) is 77.4 cm³/mol. The van der Waals surface area contributed by atoms with Crippen molar-refractivity contribution in [3.05, 3.63) is 30.1 Å². The van der Waals surface area contributed by atoms with Gasteiger partial charge in [0.25, 0.3) is 0 Å². The van der Waals surface area contributed by atoms with Crippen LogP contribution in [0.1, 0.15) is 45.7 Å². The van der Waals surface area contributed by atoms with Crippen molar-refractivity contribution in [2.75, 3.05) is 0 Å². The van der Waals surface area contributed by atoms with Crippen molar-refractivity contribution < 1.29 is 9.53 Å². The van der Waals surface area contributed by atoms with Crippen LogP contribution in [-0.2, 0) is 4.74 Å². The number of alkyl carbamates (subject to hydrolysis) is 1. The number of nitrogens with one attached hydrogen (secondary N) is 2. The van der Waals surface area contributed by atoms with Gasteiger partial charge in [-0.3, -0.25) is 4.98 Å². The number of rotatable bonds is 4. The number of hydrogen-bond acceptors (Lipinski definition) is 4. The Labute approximate surface area is 120 Å². The lowest BCUT2D eigenvalue weighted by atomic mass is 10.1. The van der Waals surface area contributed by atoms with Crippen molar-refractivity contribution in [2.45, 2.75) is 57.8 Å². The zero-order valence-corrected chi connectivity index (χ0v) is 12.5. The van der Waals surface area contributed by atoms with E-state index in [1.54, 1.807) is 6.20 Å². The van der Waals surface area contributed by atoms with Crippen LogP contribution in [0.5, 0.6) is 0 Å². The summed E-state index contributed by atoms with van der Waals surface area (Å²) in [6, 6.07) is 4.65. The Balaban J connectivity index is 1.74. The second-order valence-corrected chi connectivity index (χ2v) is 6.27. The van der Waals surface area contributed by atoms with E-state index in [0.717, 1.165) is 12.0 Å². The molecule has 1 amide bonds. The summed E-state index contributed by atoms with van der Waals surface area (Å²) < 4.78 is 5.24. The van der Waals surface area contributed by atoms with Crippen molar-refractivity contribution in [3.63, 3.8) is 0 Å². The van der Waals surface area contributed by atoms with Crippen LogP contribution in [0.4, 0.5) is 4.79 Å². The minimum absolute atomic E-state index is 0.156. The number of ether oxygens (including phenoxy) is 1. The SMILES string of the molecule is CC(NC1CC1NC(=O)OC(C)(C)C)c1cccnc1. The molecule has 5 heteroatoms. The molecule has 0 spiro atoms. The Morgan fingerprint density at radius 2 is 2.20 bits per heavy atom. The van der Waals surface area contributed by atoms with E-state index in [2.05, 4.69) is 22.5 Å². The van der Waals surface area contributed by atoms with E-state index in [1.165, 1.54) is 0 Å². The van der Waals surface area contributed by atoms with Crippen LogP contribution in [-0.4, -0.2) is 28.8 Å². The van der Waals surface area contributed by atoms with Gasteiger partial charge >= 0.3 is 6.09 Å². The van der Waals surface area contributed by atoms with E-state index < -0.39 is 5.60 Å². The highest BCUT2D eigenvalue weighted by molar-refractivity contribution is 5.68. The molecule has 0 aliphatic heterocycles. The summed E-state index contributed by atoms with van der Waals surface area (Å²) in [6.07, 6.45) is 4.21. The molecule has 0 aromatic carbocycles. The van der Waals surface area contributed by atoms with Crippen LogP contribution in [0, 0.1) is 0 Å². The van der Waals surface area contributed by atoms with Gasteiger partial charge in [-0.15, -0.1) is 0 Å². The number of carbonyl (C=O) groups is 1. The molecular weight excluding hydrogens is 254 g/mol. The standard InChI is InChI=1S/C15H23N3O2/c1-10(11-6-5-7-16-9-11)17-12-8-13(12)18-14(19)20-15(2,3)4/h5-7,9-10,12-13,17H,8H2,1-4H3,(H,18,19). The van der Waals surface area contributed by atoms with Crippen LogP contribution in [0.2, 0.25) is 0 Å². The van der Waals surface area contributed by atoms with Gasteiger partial charge < -0.3 is 15.4 Å². The predicted octanol–water partition coefficient (Wildman–Crippen LogP) is 2.40. The van der Waals surface area contributed by atoms with Gasteiger partial charge in [0.1, 0.15) is 5.60 Å². The third-order valence-electron chi connectivity index (χ3n) is 3.14. The van der Waals surface area contributed by atoms with Crippen molar-refractivity contribution in [2.24, 2.45) is 0 Å². The molecule has 1 aromatic heterocycles. The zero-order chi connectivity index (χ0) is 14.8. The number of aromatic nitrogens is 1. The summed E-state index contributed by atoms with van der Waals surface area (Å²) in [6.45, 7) is 7.68. The summed E-state index contributed by atoms with van der Waals surface area (Å²) in [5, 5.41) is 6.36. The minimum Gasteiger partial charge on any atom is -0.444 e. The molecule has 0 saturated heterocycles. The molecule has 1 aliphatic rings. The molecule has 110 valence electrons. The van der Waals surface area contributed by atoms with Crippen molar-refractivity contribution >= 4 is 6.09 Å². The van der Waals surface area contributed by atoms with Gasteiger partial charge in [0.15, 0.2) is 0 Å². The molecular formula is C15H23N3O2. The van der Waals surface area contributed by atoms with Gasteiger partial charge in [0.2, 0.25) is 0 Å². The molecule has 5 nitrogen and oxygen atoms in total. The molecule has 1 heterocycles. The first-order valence-electron chi connectivity index (χ1n) is 7.00. The minimum atomic E-state index is -0.453. The van der Waals surface area contributed by atoms with Crippen LogP contribution in [0.15, 0.2) is 24.5 Å². The molecule has 2 N–H and O–H groups in total. The highest BCUT2D eigenvalue weighted by atomic mass is 16.6. The molecule has 1 fully saturated rings. The third-order valence-corrected chi connectivity index (χ3v) is 3.14. The van der Waals surface area contributed by atoms with E-state index >= 15 is 0 Å². The fourth-order valence-electron chi connectivity index (χ4n) is 2.05. The lowest BCUT2D eigenvalue weighted by Crippen LogP contribution is -2.37. The molecule has 0 bridgehead atoms. The van der Waals surface area contributed by atoms with E-state index in [-0.39, 0.29) is 18.2 Å². The highest BCUT2D eigenvalue weighted by Crippen LogP contribution is 2.25. The maximum absolute atomic E-state index is 11.6. The molecule has 0 radical (unpaired) electrons. The fourth-order valence-corrected chi connectivity index (χ4v) is 2.05. The largest absolute Gasteiger partial charge is 0.444 e. The Morgan fingerprint density at radius 3 is 2.80 bits per heavy atom. The van der Waals surface area contributed by atoms with Crippen LogP contribution in [0.3, 0.4) is 0 Å². The quantitative estimate of drug-likeness (QED) is 0.887. The molecule has 1 aliphatic carbocycles. The number of nitrogens with zero attached hydrogens (tertiary/aromatic N) is 1. The summed E-state index contributed by atoms with van der Waals surface area (Å²) >= 11 is 0. The van der Waals surface area contributed by atoms with Gasteiger partial charge in [0, 0.05) is 30.5 Å². The Bertz CT molecular complexity index is 456. The van der Waals surface area contributed by atoms with E-state index in [0.29, 0.717) is 6.04 Å². The van der Waals surface area contributed by atoms with Crippen LogP contribution in [0.25, 0.3) is 0 Å². The number of carbonyl (C=O) groups excluding carboxylic acids is 1. The Kier molecular flexibility index (Phi) is 4.28. The molecule has 20 heavy (non-hydrogen) atoms. The second-order valence-electron chi connectivity index (χ2n) is 6.27. The smallest absolute Gasteiger partial charge is 0.407 e. The van der Waals surface area contributed by atoms with Crippen molar-refractivity contribution in [1.29, 1.82) is 0 Å². The van der Waals surface area contributed by atoms with E-state index in [4.69, 9.17) is 4.74 Å². The van der Waals surface area contributed by atoms with Gasteiger partial charge in [-0.05, 0) is 45.7 Å². The summed E-state index contributed by atoms with van der Waals surface area (Å²) in [5.74, 6) is 0. The Hall–Kier alpha value is -1.62. The molecule has 1 saturated carbocycles. The van der Waals surface area contributed by atoms with Gasteiger partial charge in [0.05, 0.1) is 0 Å². The average Bonchev–Trinajstić information content (AvgIpc) is 3.05. The lowest BCUT2D eigenvalue weighted by Gasteiger charge is -2.20. The third kappa shape index (κ3) is 4.49. The molecule has 2 rings (SSSR count). The lowest BCUT2D eigenvalue weighted by molar-refractivity contribution is 0.0522. The van der Waals surface area contributed by atoms with Crippen LogP contribution < -0.4 is 10.6 Å². The van der Waals surface area contributed by atoms with Gasteiger partial charge in [-0.2, -0.15) is 0 Å². The summed E-state index contributed by atoms with van der Waals surface area (Å²) in [4.78, 5) is 15.8. The monoisotopic (exact) mass is 277 g/mol. The van der Waals surface area contributed by atoms with Crippen molar-refractivity contribution in [1.82, 2.24) is 15.6 Å². The average molecular weight is 277 g/mol. The number of amides is 1. The van der Waals surface area contributed by atoms with E-state index in [9.17, 15) is 4.79 Å². The molecule has 1 aromatic rings. The van der Waals surface area contributed by atoms with Crippen LogP contribution >= 0.6 is 0 Å². The fraction of sp³-hybridized carbons (Fsp3) is 0.600. The molecule has 3 unspecified atom stereocenters. The second kappa shape index (κ2) is 5.79. The van der Waals surface area contributed by atoms with Gasteiger partial charge in [-0.25, -0.2) is 4.79 Å². The van der Waals surface area contributed by atoms with Gasteiger partial charge in [-0.1, -0.05) is 6.07 Å². The first-order valence-corrected chi connectivity index (χ1v) is 7.00. The first-order chi connectivity index (χ1) is 9.35. The van der Waals surface area contributed by atoms with E-state index in [1.807, 2.05) is 39.1 Å². The first kappa shape index (κ1) is 14.8. The number of hydrogen-bond donors (Lipinski definition) is 2. The normalized spacial score (nSPS) is 23.0. The maximum Gasteiger partial charge on any atom is 0.407 e. The Morgan fingerprint density at radius 1 is 1.45 bits per heavy atom. The molecule has 3 atom stereocenters. The highest BCUT2D eigenvalue weighted by Gasteiger charge is 2.40. The number of pyridine rings is 1. The maximum atomic E-state index is 11.6. The zero-order valence-electron chi connectivity index (χ0n) is 12.5. The topological polar surface area (TPSA) is 63.2 Å². The summed E-state index contributed by atoms with van der Waals surface area (Å²) in [5.41, 5.74) is 0.695.